The second-order valence-corrected chi connectivity index (χ2v) is 1.70. The fraction of sp³-hybridized carbons (Fsp3) is 0. The van der Waals surface area contributed by atoms with Crippen LogP contribution >= 0.6 is 0 Å². The molecule has 0 atom stereocenters. The van der Waals surface area contributed by atoms with Crippen LogP contribution in [0.2, 0.25) is 0 Å². The molecule has 1 heterocycles. The van der Waals surface area contributed by atoms with Crippen LogP contribution in [0.5, 0.6) is 0 Å². The van der Waals surface area contributed by atoms with Crippen LogP contribution in [0.1, 0.15) is 0 Å². The Morgan fingerprint density at radius 3 is 1.43 bits per heavy atom. The van der Waals surface area contributed by atoms with Crippen LogP contribution in [-0.4, -0.2) is 8.42 Å². The summed E-state index contributed by atoms with van der Waals surface area (Å²) in [6.45, 7) is 0. The molecule has 7 heavy (non-hydrogen) atoms. The van der Waals surface area contributed by atoms with E-state index in [0.29, 0.717) is 0 Å². The Balaban J connectivity index is 0.000000360. The van der Waals surface area contributed by atoms with Gasteiger partial charge in [0.05, 0.1) is 0 Å². The maximum atomic E-state index is 9.52. The molecular weight excluding hydrogens is 291 g/mol. The van der Waals surface area contributed by atoms with Crippen LogP contribution in [0, 0.1) is 0 Å². The summed E-state index contributed by atoms with van der Waals surface area (Å²) in [5.41, 5.74) is 0. The van der Waals surface area contributed by atoms with E-state index in [1.165, 1.54) is 0 Å². The fourth-order valence-electron chi connectivity index (χ4n) is 0.0731. The second kappa shape index (κ2) is 2.31. The largest absolute Gasteiger partial charge is 0.457 e. The quantitative estimate of drug-likeness (QED) is 0.428. The van der Waals surface area contributed by atoms with Gasteiger partial charge in [0.15, 0.2) is 0 Å². The molecule has 0 bridgehead atoms. The van der Waals surface area contributed by atoms with Crippen molar-refractivity contribution in [3.8, 4) is 0 Å². The van der Waals surface area contributed by atoms with Crippen molar-refractivity contribution in [3.05, 3.63) is 0 Å². The molecule has 1 saturated heterocycles. The summed E-state index contributed by atoms with van der Waals surface area (Å²) in [5, 5.41) is 3.35. The minimum atomic E-state index is -3.70. The van der Waals surface area contributed by atoms with Crippen molar-refractivity contribution in [2.75, 3.05) is 0 Å². The molecule has 1 aliphatic rings. The monoisotopic (exact) mass is 292 g/mol. The molecule has 1 fully saturated rings. The second-order valence-electron chi connectivity index (χ2n) is 0.612. The molecule has 0 aliphatic carbocycles. The summed E-state index contributed by atoms with van der Waals surface area (Å²) in [7, 11) is -3.70. The van der Waals surface area contributed by atoms with Crippen molar-refractivity contribution in [1.82, 2.24) is 0 Å². The summed E-state index contributed by atoms with van der Waals surface area (Å²) >= 11 is 0. The van der Waals surface area contributed by atoms with Gasteiger partial charge in [0, 0.05) is 25.8 Å². The topological polar surface area (TPSA) is 61.8 Å². The third kappa shape index (κ3) is 1.96. The van der Waals surface area contributed by atoms with Gasteiger partial charge in [0.25, 0.3) is 0 Å². The van der Waals surface area contributed by atoms with Crippen LogP contribution in [0.25, 0.3) is 0 Å². The van der Waals surface area contributed by atoms with Crippen LogP contribution in [0.3, 0.4) is 0 Å². The fourth-order valence-corrected chi connectivity index (χ4v) is 0.219. The van der Waals surface area contributed by atoms with Gasteiger partial charge in [-0.05, 0) is 13.7 Å². The zero-order valence-electron chi connectivity index (χ0n) is 2.95. The van der Waals surface area contributed by atoms with Crippen molar-refractivity contribution in [1.29, 1.82) is 0 Å². The SMILES string of the molecule is O=S1(=O)OOO1.[Hf]. The van der Waals surface area contributed by atoms with Gasteiger partial charge in [-0.3, -0.25) is 0 Å². The van der Waals surface area contributed by atoms with E-state index in [9.17, 15) is 8.42 Å². The van der Waals surface area contributed by atoms with Crippen LogP contribution in [-0.2, 0) is 49.9 Å². The minimum absolute atomic E-state index is 0. The molecule has 0 saturated carbocycles. The number of hydrogen-bond acceptors (Lipinski definition) is 5. The average Bonchev–Trinajstić information content (AvgIpc) is 1.32. The first-order valence-electron chi connectivity index (χ1n) is 1.00. The minimum Gasteiger partial charge on any atom is -0.164 e. The van der Waals surface area contributed by atoms with E-state index in [1.54, 1.807) is 0 Å². The Morgan fingerprint density at radius 1 is 1.14 bits per heavy atom. The van der Waals surface area contributed by atoms with Gasteiger partial charge in [-0.25, -0.2) is 0 Å². The molecule has 0 aromatic rings. The number of rotatable bonds is 0. The summed E-state index contributed by atoms with van der Waals surface area (Å²) in [5.74, 6) is 0. The summed E-state index contributed by atoms with van der Waals surface area (Å²) in [6.07, 6.45) is 0. The summed E-state index contributed by atoms with van der Waals surface area (Å²) < 4.78 is 25.8. The van der Waals surface area contributed by atoms with E-state index < -0.39 is 10.4 Å². The first-order valence-corrected chi connectivity index (χ1v) is 2.33. The Labute approximate surface area is 58.5 Å². The summed E-state index contributed by atoms with van der Waals surface area (Å²) in [6, 6.07) is 0. The zero-order chi connectivity index (χ0) is 4.62. The molecule has 0 N–H and O–H groups in total. The van der Waals surface area contributed by atoms with Crippen molar-refractivity contribution in [2.24, 2.45) is 0 Å². The standard InChI is InChI=1S/Hf.O5S/c;1-6(2)4-3-5-6. The Morgan fingerprint density at radius 2 is 1.43 bits per heavy atom. The normalized spacial score (nSPS) is 24.6. The van der Waals surface area contributed by atoms with Crippen molar-refractivity contribution >= 4 is 10.4 Å². The molecule has 5 nitrogen and oxygen atoms in total. The molecule has 0 radical (unpaired) electrons. The van der Waals surface area contributed by atoms with Gasteiger partial charge in [-0.15, -0.1) is 0 Å². The molecular formula is HfO5S. The van der Waals surface area contributed by atoms with Gasteiger partial charge in [0.1, 0.15) is 0 Å². The number of hydrogen-bond donors (Lipinski definition) is 0. The summed E-state index contributed by atoms with van der Waals surface area (Å²) in [4.78, 5) is 0. The molecule has 0 aromatic heterocycles. The Bertz CT molecular complexity index is 122. The first kappa shape index (κ1) is 7.70. The third-order valence-corrected chi connectivity index (χ3v) is 0.667. The molecule has 0 spiro atoms. The Hall–Kier alpha value is 0.700. The maximum absolute atomic E-state index is 9.52. The van der Waals surface area contributed by atoms with Crippen molar-refractivity contribution in [2.45, 2.75) is 0 Å². The van der Waals surface area contributed by atoms with Crippen molar-refractivity contribution in [3.63, 3.8) is 0 Å². The average molecular weight is 291 g/mol. The maximum Gasteiger partial charge on any atom is 0.457 e. The van der Waals surface area contributed by atoms with Gasteiger partial charge in [-0.1, -0.05) is 0 Å². The van der Waals surface area contributed by atoms with E-state index in [-0.39, 0.29) is 25.8 Å². The molecule has 0 aromatic carbocycles. The Kier molecular flexibility index (Phi) is 2.55. The predicted octanol–water partition coefficient (Wildman–Crippen LogP) is -0.878. The van der Waals surface area contributed by atoms with Gasteiger partial charge >= 0.3 is 10.4 Å². The molecule has 0 amide bonds. The van der Waals surface area contributed by atoms with Crippen LogP contribution in [0.15, 0.2) is 0 Å². The van der Waals surface area contributed by atoms with Gasteiger partial charge < -0.3 is 0 Å². The molecule has 0 unspecified atom stereocenters. The van der Waals surface area contributed by atoms with E-state index in [2.05, 4.69) is 13.7 Å². The molecule has 1 aliphatic heterocycles. The van der Waals surface area contributed by atoms with E-state index in [1.807, 2.05) is 0 Å². The molecule has 1 rings (SSSR count). The zero-order valence-corrected chi connectivity index (χ0v) is 7.36. The molecule has 40 valence electrons. The third-order valence-electron chi connectivity index (χ3n) is 0.222. The smallest absolute Gasteiger partial charge is 0.164 e. The van der Waals surface area contributed by atoms with Crippen LogP contribution in [0.4, 0.5) is 0 Å². The van der Waals surface area contributed by atoms with Crippen molar-refractivity contribution < 1.29 is 48.0 Å². The van der Waals surface area contributed by atoms with E-state index in [4.69, 9.17) is 0 Å². The van der Waals surface area contributed by atoms with Gasteiger partial charge in [-0.2, -0.15) is 8.42 Å². The first-order chi connectivity index (χ1) is 2.71. The van der Waals surface area contributed by atoms with Crippen LogP contribution < -0.4 is 0 Å². The van der Waals surface area contributed by atoms with Gasteiger partial charge in [0.2, 0.25) is 0 Å². The molecule has 7 heteroatoms. The van der Waals surface area contributed by atoms with E-state index >= 15 is 0 Å². The van der Waals surface area contributed by atoms with E-state index in [0.717, 1.165) is 0 Å². The predicted molar refractivity (Wildman–Crippen MR) is 12.2 cm³/mol.